The van der Waals surface area contributed by atoms with Crippen molar-refractivity contribution in [2.75, 3.05) is 6.61 Å². The zero-order valence-corrected chi connectivity index (χ0v) is 18.8. The Bertz CT molecular complexity index is 1310. The van der Waals surface area contributed by atoms with Gasteiger partial charge in [0.1, 0.15) is 5.54 Å². The van der Waals surface area contributed by atoms with Crippen molar-refractivity contribution in [3.63, 3.8) is 0 Å². The van der Waals surface area contributed by atoms with Crippen molar-refractivity contribution in [3.8, 4) is 0 Å². The maximum atomic E-state index is 12.9. The van der Waals surface area contributed by atoms with E-state index in [1.165, 1.54) is 17.7 Å². The molecule has 4 amide bonds. The largest absolute Gasteiger partial charge is 0.451 e. The summed E-state index contributed by atoms with van der Waals surface area (Å²) < 4.78 is 6.31. The molecule has 3 aromatic rings. The van der Waals surface area contributed by atoms with Crippen molar-refractivity contribution in [1.82, 2.24) is 36.0 Å². The first kappa shape index (κ1) is 23.3. The number of esters is 1. The highest BCUT2D eigenvalue weighted by atomic mass is 16.5. The van der Waals surface area contributed by atoms with Crippen molar-refractivity contribution in [1.29, 1.82) is 0 Å². The molecule has 12 heteroatoms. The SMILES string of the molecule is Cc1nnnn1/C(=C\c1ccccc1)C(=O)OCC(=O)NN1C(=O)N[C@@](C)(c2ccccc2)C1=O. The molecule has 12 nitrogen and oxygen atoms in total. The summed E-state index contributed by atoms with van der Waals surface area (Å²) >= 11 is 0. The van der Waals surface area contributed by atoms with Crippen LogP contribution in [0.4, 0.5) is 4.79 Å². The van der Waals surface area contributed by atoms with Crippen LogP contribution in [-0.4, -0.2) is 55.6 Å². The van der Waals surface area contributed by atoms with Crippen molar-refractivity contribution in [2.24, 2.45) is 0 Å². The Balaban J connectivity index is 1.44. The number of amides is 4. The fraction of sp³-hybridized carbons (Fsp3) is 0.174. The molecule has 178 valence electrons. The number of hydrogen-bond acceptors (Lipinski definition) is 8. The number of ether oxygens (including phenoxy) is 1. The van der Waals surface area contributed by atoms with E-state index < -0.39 is 36.0 Å². The van der Waals surface area contributed by atoms with Crippen LogP contribution in [-0.2, 0) is 24.7 Å². The van der Waals surface area contributed by atoms with Crippen LogP contribution < -0.4 is 10.7 Å². The number of benzene rings is 2. The summed E-state index contributed by atoms with van der Waals surface area (Å²) in [4.78, 5) is 50.5. The second-order valence-corrected chi connectivity index (χ2v) is 7.75. The fourth-order valence-electron chi connectivity index (χ4n) is 3.44. The molecule has 4 rings (SSSR count). The lowest BCUT2D eigenvalue weighted by atomic mass is 9.92. The van der Waals surface area contributed by atoms with Crippen molar-refractivity contribution in [3.05, 3.63) is 77.6 Å². The van der Waals surface area contributed by atoms with Crippen LogP contribution in [0, 0.1) is 6.92 Å². The molecule has 0 saturated carbocycles. The Labute approximate surface area is 199 Å². The van der Waals surface area contributed by atoms with Gasteiger partial charge in [0.15, 0.2) is 18.1 Å². The van der Waals surface area contributed by atoms with Crippen LogP contribution in [0.5, 0.6) is 0 Å². The fourth-order valence-corrected chi connectivity index (χ4v) is 3.44. The molecule has 1 saturated heterocycles. The molecule has 0 radical (unpaired) electrons. The predicted molar refractivity (Wildman–Crippen MR) is 121 cm³/mol. The molecule has 1 aliphatic rings. The molecule has 0 aliphatic carbocycles. The van der Waals surface area contributed by atoms with Crippen LogP contribution in [0.3, 0.4) is 0 Å². The van der Waals surface area contributed by atoms with Gasteiger partial charge in [0.2, 0.25) is 0 Å². The first-order valence-electron chi connectivity index (χ1n) is 10.5. The summed E-state index contributed by atoms with van der Waals surface area (Å²) in [5.74, 6) is -2.12. The number of nitrogens with one attached hydrogen (secondary N) is 2. The summed E-state index contributed by atoms with van der Waals surface area (Å²) in [5.41, 5.74) is 2.03. The van der Waals surface area contributed by atoms with Gasteiger partial charge in [-0.15, -0.1) is 5.10 Å². The predicted octanol–water partition coefficient (Wildman–Crippen LogP) is 1.02. The second-order valence-electron chi connectivity index (χ2n) is 7.75. The third-order valence-electron chi connectivity index (χ3n) is 5.28. The minimum absolute atomic E-state index is 0.0295. The minimum atomic E-state index is -1.36. The van der Waals surface area contributed by atoms with E-state index in [2.05, 4.69) is 26.3 Å². The first-order chi connectivity index (χ1) is 16.8. The number of aromatic nitrogens is 4. The van der Waals surface area contributed by atoms with E-state index in [4.69, 9.17) is 4.74 Å². The molecule has 1 fully saturated rings. The number of rotatable bonds is 7. The van der Waals surface area contributed by atoms with Crippen molar-refractivity contribution in [2.45, 2.75) is 19.4 Å². The lowest BCUT2D eigenvalue weighted by Gasteiger charge is -2.22. The van der Waals surface area contributed by atoms with Gasteiger partial charge in [-0.05, 0) is 41.5 Å². The summed E-state index contributed by atoms with van der Waals surface area (Å²) in [6.45, 7) is 2.37. The molecule has 0 unspecified atom stereocenters. The van der Waals surface area contributed by atoms with E-state index in [1.54, 1.807) is 61.5 Å². The smallest absolute Gasteiger partial charge is 0.357 e. The number of urea groups is 1. The molecular formula is C23H21N7O5. The topological polar surface area (TPSA) is 148 Å². The Hall–Kier alpha value is -4.87. The number of tetrazole rings is 1. The first-order valence-corrected chi connectivity index (χ1v) is 10.5. The maximum absolute atomic E-state index is 12.9. The Morgan fingerprint density at radius 2 is 1.74 bits per heavy atom. The number of nitrogens with zero attached hydrogens (tertiary/aromatic N) is 5. The number of aryl methyl sites for hydroxylation is 1. The molecule has 2 heterocycles. The van der Waals surface area contributed by atoms with E-state index in [0.29, 0.717) is 22.0 Å². The number of carbonyl (C=O) groups is 4. The Morgan fingerprint density at radius 3 is 2.37 bits per heavy atom. The monoisotopic (exact) mass is 475 g/mol. The van der Waals surface area contributed by atoms with E-state index in [1.807, 2.05) is 6.07 Å². The third kappa shape index (κ3) is 4.76. The zero-order valence-electron chi connectivity index (χ0n) is 18.8. The number of carbonyl (C=O) groups excluding carboxylic acids is 4. The molecule has 35 heavy (non-hydrogen) atoms. The van der Waals surface area contributed by atoms with Crippen LogP contribution in [0.25, 0.3) is 11.8 Å². The van der Waals surface area contributed by atoms with Gasteiger partial charge < -0.3 is 10.1 Å². The lowest BCUT2D eigenvalue weighted by Crippen LogP contribution is -2.49. The average molecular weight is 475 g/mol. The van der Waals surface area contributed by atoms with E-state index >= 15 is 0 Å². The molecule has 0 spiro atoms. The molecule has 1 aliphatic heterocycles. The zero-order chi connectivity index (χ0) is 25.0. The van der Waals surface area contributed by atoms with Crippen LogP contribution in [0.2, 0.25) is 0 Å². The van der Waals surface area contributed by atoms with Gasteiger partial charge in [-0.1, -0.05) is 60.7 Å². The molecule has 0 bridgehead atoms. The minimum Gasteiger partial charge on any atom is -0.451 e. The second kappa shape index (κ2) is 9.55. The van der Waals surface area contributed by atoms with Gasteiger partial charge in [0.05, 0.1) is 0 Å². The quantitative estimate of drug-likeness (QED) is 0.292. The molecular weight excluding hydrogens is 454 g/mol. The summed E-state index contributed by atoms with van der Waals surface area (Å²) in [6, 6.07) is 16.7. The third-order valence-corrected chi connectivity index (χ3v) is 5.28. The molecule has 2 N–H and O–H groups in total. The summed E-state index contributed by atoms with van der Waals surface area (Å²) in [5, 5.41) is 14.2. The van der Waals surface area contributed by atoms with Crippen LogP contribution in [0.15, 0.2) is 60.7 Å². The van der Waals surface area contributed by atoms with Gasteiger partial charge in [-0.2, -0.15) is 9.69 Å². The highest BCUT2D eigenvalue weighted by Gasteiger charge is 2.50. The van der Waals surface area contributed by atoms with Crippen LogP contribution >= 0.6 is 0 Å². The normalized spacial score (nSPS) is 17.8. The summed E-state index contributed by atoms with van der Waals surface area (Å²) in [6.07, 6.45) is 1.51. The highest BCUT2D eigenvalue weighted by Crippen LogP contribution is 2.27. The molecule has 1 aromatic heterocycles. The van der Waals surface area contributed by atoms with Gasteiger partial charge in [-0.3, -0.25) is 15.0 Å². The van der Waals surface area contributed by atoms with E-state index in [0.717, 1.165) is 0 Å². The Kier molecular flexibility index (Phi) is 6.36. The number of imide groups is 1. The number of hydrazine groups is 1. The van der Waals surface area contributed by atoms with Gasteiger partial charge >= 0.3 is 12.0 Å². The summed E-state index contributed by atoms with van der Waals surface area (Å²) in [7, 11) is 0. The van der Waals surface area contributed by atoms with Crippen molar-refractivity contribution < 1.29 is 23.9 Å². The van der Waals surface area contributed by atoms with Crippen LogP contribution in [0.1, 0.15) is 23.9 Å². The van der Waals surface area contributed by atoms with Crippen molar-refractivity contribution >= 4 is 35.6 Å². The molecule has 1 atom stereocenters. The van der Waals surface area contributed by atoms with E-state index in [9.17, 15) is 19.2 Å². The maximum Gasteiger partial charge on any atom is 0.357 e. The lowest BCUT2D eigenvalue weighted by molar-refractivity contribution is -0.146. The molecule has 2 aromatic carbocycles. The number of hydrogen-bond donors (Lipinski definition) is 2. The Morgan fingerprint density at radius 1 is 1.09 bits per heavy atom. The average Bonchev–Trinajstić information content (AvgIpc) is 3.38. The highest BCUT2D eigenvalue weighted by molar-refractivity contribution is 6.15. The van der Waals surface area contributed by atoms with E-state index in [-0.39, 0.29) is 5.70 Å². The van der Waals surface area contributed by atoms with Gasteiger partial charge in [-0.25, -0.2) is 9.59 Å². The standard InChI is InChI=1S/C23H21N7O5/c1-15-25-27-28-29(15)18(13-16-9-5-3-6-10-16)20(32)35-14-19(31)26-30-21(33)23(2,24-22(30)34)17-11-7-4-8-12-17/h3-13H,14H2,1-2H3,(H,24,34)(H,26,31)/b18-13-/t23-/m0/s1. The van der Waals surface area contributed by atoms with Gasteiger partial charge in [0.25, 0.3) is 11.8 Å². The van der Waals surface area contributed by atoms with Gasteiger partial charge in [0, 0.05) is 0 Å².